The van der Waals surface area contributed by atoms with Crippen molar-refractivity contribution in [2.24, 2.45) is 0 Å². The summed E-state index contributed by atoms with van der Waals surface area (Å²) in [7, 11) is 0. The normalized spacial score (nSPS) is 19.5. The minimum atomic E-state index is -0.0420. The van der Waals surface area contributed by atoms with E-state index in [1.807, 2.05) is 13.0 Å². The van der Waals surface area contributed by atoms with E-state index in [4.69, 9.17) is 4.74 Å². The van der Waals surface area contributed by atoms with E-state index in [-0.39, 0.29) is 5.54 Å². The van der Waals surface area contributed by atoms with Crippen LogP contribution in [0.2, 0.25) is 0 Å². The van der Waals surface area contributed by atoms with Gasteiger partial charge in [-0.05, 0) is 40.5 Å². The summed E-state index contributed by atoms with van der Waals surface area (Å²) in [5.41, 5.74) is 0.913. The summed E-state index contributed by atoms with van der Waals surface area (Å²) in [6, 6.07) is 1.96. The molecule has 1 aromatic rings. The molecular weight excluding hydrogens is 240 g/mol. The molecule has 0 spiro atoms. The highest BCUT2D eigenvalue weighted by molar-refractivity contribution is 5.43. The van der Waals surface area contributed by atoms with Crippen LogP contribution in [-0.4, -0.2) is 34.8 Å². The van der Waals surface area contributed by atoms with Gasteiger partial charge in [0.2, 0.25) is 5.95 Å². The van der Waals surface area contributed by atoms with Crippen LogP contribution in [0.15, 0.2) is 6.07 Å². The van der Waals surface area contributed by atoms with Crippen LogP contribution >= 0.6 is 0 Å². The molecule has 1 aromatic heterocycles. The molecule has 0 radical (unpaired) electrons. The van der Waals surface area contributed by atoms with Gasteiger partial charge in [0.05, 0.1) is 6.10 Å². The van der Waals surface area contributed by atoms with Crippen LogP contribution in [0.4, 0.5) is 11.8 Å². The molecule has 2 N–H and O–H groups in total. The molecule has 1 saturated heterocycles. The van der Waals surface area contributed by atoms with Gasteiger partial charge in [-0.3, -0.25) is 0 Å². The number of hydrogen-bond acceptors (Lipinski definition) is 5. The highest BCUT2D eigenvalue weighted by Crippen LogP contribution is 2.16. The van der Waals surface area contributed by atoms with Crippen LogP contribution in [-0.2, 0) is 4.74 Å². The summed E-state index contributed by atoms with van der Waals surface area (Å²) >= 11 is 0. The van der Waals surface area contributed by atoms with E-state index in [2.05, 4.69) is 41.4 Å². The van der Waals surface area contributed by atoms with Crippen LogP contribution in [0, 0.1) is 6.92 Å². The molecule has 0 amide bonds. The van der Waals surface area contributed by atoms with Gasteiger partial charge in [0.1, 0.15) is 5.82 Å². The topological polar surface area (TPSA) is 59.1 Å². The highest BCUT2D eigenvalue weighted by atomic mass is 16.5. The Kier molecular flexibility index (Phi) is 4.24. The Morgan fingerprint density at radius 1 is 1.37 bits per heavy atom. The predicted octanol–water partition coefficient (Wildman–Crippen LogP) is 2.59. The third-order valence-electron chi connectivity index (χ3n) is 2.88. The zero-order valence-corrected chi connectivity index (χ0v) is 12.3. The van der Waals surface area contributed by atoms with Crippen LogP contribution in [0.5, 0.6) is 0 Å². The van der Waals surface area contributed by atoms with E-state index in [9.17, 15) is 0 Å². The van der Waals surface area contributed by atoms with Gasteiger partial charge in [-0.2, -0.15) is 4.98 Å². The molecule has 1 aliphatic heterocycles. The van der Waals surface area contributed by atoms with Gasteiger partial charge in [-0.1, -0.05) is 0 Å². The summed E-state index contributed by atoms with van der Waals surface area (Å²) < 4.78 is 5.59. The number of anilines is 2. The number of aryl methyl sites for hydroxylation is 1. The first-order valence-corrected chi connectivity index (χ1v) is 6.92. The second-order valence-electron chi connectivity index (χ2n) is 6.11. The number of ether oxygens (including phenoxy) is 1. The summed E-state index contributed by atoms with van der Waals surface area (Å²) in [5, 5.41) is 6.63. The SMILES string of the molecule is Cc1cc(NCC2CCCO2)nc(NC(C)(C)C)n1. The Labute approximate surface area is 115 Å². The lowest BCUT2D eigenvalue weighted by molar-refractivity contribution is 0.120. The van der Waals surface area contributed by atoms with Gasteiger partial charge in [0.15, 0.2) is 0 Å². The Morgan fingerprint density at radius 2 is 2.16 bits per heavy atom. The fourth-order valence-corrected chi connectivity index (χ4v) is 2.07. The molecule has 2 heterocycles. The first kappa shape index (κ1) is 14.1. The molecule has 2 rings (SSSR count). The van der Waals surface area contributed by atoms with Crippen LogP contribution in [0.25, 0.3) is 0 Å². The standard InChI is InChI=1S/C14H24N4O/c1-10-8-12(15-9-11-6-5-7-19-11)17-13(16-10)18-14(2,3)4/h8,11H,5-7,9H2,1-4H3,(H2,15,16,17,18). The average molecular weight is 264 g/mol. The average Bonchev–Trinajstić information content (AvgIpc) is 2.75. The maximum atomic E-state index is 5.59. The van der Waals surface area contributed by atoms with Crippen molar-refractivity contribution in [1.82, 2.24) is 9.97 Å². The molecule has 5 nitrogen and oxygen atoms in total. The van der Waals surface area contributed by atoms with Gasteiger partial charge in [0, 0.05) is 30.5 Å². The van der Waals surface area contributed by atoms with Gasteiger partial charge >= 0.3 is 0 Å². The van der Waals surface area contributed by atoms with Crippen molar-refractivity contribution in [3.05, 3.63) is 11.8 Å². The molecule has 0 saturated carbocycles. The van der Waals surface area contributed by atoms with Crippen molar-refractivity contribution >= 4 is 11.8 Å². The maximum Gasteiger partial charge on any atom is 0.225 e. The predicted molar refractivity (Wildman–Crippen MR) is 77.6 cm³/mol. The van der Waals surface area contributed by atoms with Crippen LogP contribution in [0.1, 0.15) is 39.3 Å². The maximum absolute atomic E-state index is 5.59. The Hall–Kier alpha value is -1.36. The fraction of sp³-hybridized carbons (Fsp3) is 0.714. The fourth-order valence-electron chi connectivity index (χ4n) is 2.07. The highest BCUT2D eigenvalue weighted by Gasteiger charge is 2.16. The zero-order chi connectivity index (χ0) is 13.9. The minimum Gasteiger partial charge on any atom is -0.376 e. The first-order chi connectivity index (χ1) is 8.92. The number of hydrogen-bond donors (Lipinski definition) is 2. The van der Waals surface area contributed by atoms with E-state index in [0.29, 0.717) is 12.1 Å². The largest absolute Gasteiger partial charge is 0.376 e. The number of rotatable bonds is 4. The van der Waals surface area contributed by atoms with Crippen molar-refractivity contribution in [3.8, 4) is 0 Å². The quantitative estimate of drug-likeness (QED) is 0.875. The third kappa shape index (κ3) is 4.67. The minimum absolute atomic E-state index is 0.0420. The molecule has 1 aliphatic rings. The second-order valence-corrected chi connectivity index (χ2v) is 6.11. The van der Waals surface area contributed by atoms with Crippen molar-refractivity contribution in [3.63, 3.8) is 0 Å². The van der Waals surface area contributed by atoms with E-state index < -0.39 is 0 Å². The Morgan fingerprint density at radius 3 is 2.79 bits per heavy atom. The third-order valence-corrected chi connectivity index (χ3v) is 2.88. The van der Waals surface area contributed by atoms with Crippen molar-refractivity contribution in [2.75, 3.05) is 23.8 Å². The first-order valence-electron chi connectivity index (χ1n) is 6.92. The molecular formula is C14H24N4O. The molecule has 106 valence electrons. The lowest BCUT2D eigenvalue weighted by Crippen LogP contribution is -2.28. The van der Waals surface area contributed by atoms with Crippen molar-refractivity contribution in [1.29, 1.82) is 0 Å². The lowest BCUT2D eigenvalue weighted by Gasteiger charge is -2.21. The number of nitrogens with one attached hydrogen (secondary N) is 2. The van der Waals surface area contributed by atoms with E-state index in [0.717, 1.165) is 37.5 Å². The molecule has 5 heteroatoms. The van der Waals surface area contributed by atoms with E-state index in [1.165, 1.54) is 0 Å². The van der Waals surface area contributed by atoms with Crippen molar-refractivity contribution < 1.29 is 4.74 Å². The van der Waals surface area contributed by atoms with Gasteiger partial charge < -0.3 is 15.4 Å². The molecule has 19 heavy (non-hydrogen) atoms. The molecule has 0 aliphatic carbocycles. The molecule has 0 aromatic carbocycles. The van der Waals surface area contributed by atoms with Crippen LogP contribution in [0.3, 0.4) is 0 Å². The molecule has 0 bridgehead atoms. The zero-order valence-electron chi connectivity index (χ0n) is 12.3. The van der Waals surface area contributed by atoms with E-state index >= 15 is 0 Å². The monoisotopic (exact) mass is 264 g/mol. The second kappa shape index (κ2) is 5.74. The smallest absolute Gasteiger partial charge is 0.225 e. The summed E-state index contributed by atoms with van der Waals surface area (Å²) in [5.74, 6) is 1.53. The Balaban J connectivity index is 1.99. The van der Waals surface area contributed by atoms with Gasteiger partial charge in [0.25, 0.3) is 0 Å². The lowest BCUT2D eigenvalue weighted by atomic mass is 10.1. The number of nitrogens with zero attached hydrogens (tertiary/aromatic N) is 2. The van der Waals surface area contributed by atoms with Crippen LogP contribution < -0.4 is 10.6 Å². The van der Waals surface area contributed by atoms with Gasteiger partial charge in [-0.15, -0.1) is 0 Å². The Bertz CT molecular complexity index is 422. The summed E-state index contributed by atoms with van der Waals surface area (Å²) in [4.78, 5) is 8.90. The number of aromatic nitrogens is 2. The molecule has 1 fully saturated rings. The molecule has 1 unspecified atom stereocenters. The van der Waals surface area contributed by atoms with Crippen molar-refractivity contribution in [2.45, 2.75) is 52.2 Å². The molecule has 1 atom stereocenters. The summed E-state index contributed by atoms with van der Waals surface area (Å²) in [6.07, 6.45) is 2.60. The van der Waals surface area contributed by atoms with E-state index in [1.54, 1.807) is 0 Å². The van der Waals surface area contributed by atoms with Gasteiger partial charge in [-0.25, -0.2) is 4.98 Å². The summed E-state index contributed by atoms with van der Waals surface area (Å²) in [6.45, 7) is 9.96.